The molecule has 0 N–H and O–H groups in total. The fourth-order valence-electron chi connectivity index (χ4n) is 1.97. The lowest BCUT2D eigenvalue weighted by atomic mass is 10.2. The van der Waals surface area contributed by atoms with Gasteiger partial charge in [0.05, 0.1) is 4.91 Å². The highest BCUT2D eigenvalue weighted by Gasteiger charge is 2.19. The van der Waals surface area contributed by atoms with E-state index < -0.39 is 0 Å². The maximum Gasteiger partial charge on any atom is 0.194 e. The van der Waals surface area contributed by atoms with Crippen LogP contribution in [0.1, 0.15) is 11.1 Å². The smallest absolute Gasteiger partial charge is 0.194 e. The van der Waals surface area contributed by atoms with Crippen LogP contribution in [0.3, 0.4) is 0 Å². The summed E-state index contributed by atoms with van der Waals surface area (Å²) in [5.74, 6) is 1.00. The number of allylic oxidation sites excluding steroid dienone is 2. The minimum Gasteiger partial charge on any atom is -0.289 e. The zero-order valence-corrected chi connectivity index (χ0v) is 13.0. The van der Waals surface area contributed by atoms with Crippen molar-refractivity contribution in [2.75, 3.05) is 0 Å². The second-order valence-electron chi connectivity index (χ2n) is 4.62. The molecule has 0 aromatic heterocycles. The van der Waals surface area contributed by atoms with Gasteiger partial charge in [-0.25, -0.2) is 0 Å². The Kier molecular flexibility index (Phi) is 4.63. The Bertz CT molecular complexity index is 688. The number of hydrogen-bond acceptors (Lipinski definition) is 3. The normalized spacial score (nSPS) is 16.3. The highest BCUT2D eigenvalue weighted by atomic mass is 32.2. The molecule has 1 aliphatic heterocycles. The minimum absolute atomic E-state index is 0.111. The molecule has 0 spiro atoms. The van der Waals surface area contributed by atoms with Crippen LogP contribution in [0.4, 0.5) is 0 Å². The topological polar surface area (TPSA) is 17.1 Å². The van der Waals surface area contributed by atoms with Gasteiger partial charge in [-0.15, -0.1) is 11.8 Å². The average Bonchev–Trinajstić information content (AvgIpc) is 2.87. The lowest BCUT2D eigenvalue weighted by molar-refractivity contribution is -0.110. The molecule has 21 heavy (non-hydrogen) atoms. The number of hydrogen-bond donors (Lipinski definition) is 0. The summed E-state index contributed by atoms with van der Waals surface area (Å²) in [6, 6.07) is 20.3. The molecule has 0 unspecified atom stereocenters. The molecule has 1 aliphatic rings. The minimum atomic E-state index is 0.111. The van der Waals surface area contributed by atoms with E-state index in [1.54, 1.807) is 29.6 Å². The van der Waals surface area contributed by atoms with Crippen LogP contribution in [0.5, 0.6) is 0 Å². The molecular formula is C18H14OS2. The number of carbonyl (C=O) groups is 1. The Hall–Kier alpha value is -1.71. The van der Waals surface area contributed by atoms with E-state index in [-0.39, 0.29) is 5.78 Å². The van der Waals surface area contributed by atoms with E-state index in [2.05, 4.69) is 12.1 Å². The Balaban J connectivity index is 1.64. The molecule has 0 amide bonds. The van der Waals surface area contributed by atoms with Crippen molar-refractivity contribution in [3.63, 3.8) is 0 Å². The molecule has 0 saturated carbocycles. The van der Waals surface area contributed by atoms with Crippen LogP contribution in [0.25, 0.3) is 6.08 Å². The molecule has 0 fully saturated rings. The van der Waals surface area contributed by atoms with Crippen molar-refractivity contribution in [1.29, 1.82) is 0 Å². The third-order valence-corrected chi connectivity index (χ3v) is 5.37. The van der Waals surface area contributed by atoms with Crippen LogP contribution in [0.2, 0.25) is 0 Å². The maximum absolute atomic E-state index is 12.0. The molecule has 0 aliphatic carbocycles. The first kappa shape index (κ1) is 14.2. The van der Waals surface area contributed by atoms with E-state index >= 15 is 0 Å². The van der Waals surface area contributed by atoms with Crippen LogP contribution < -0.4 is 0 Å². The lowest BCUT2D eigenvalue weighted by Crippen LogP contribution is -1.87. The van der Waals surface area contributed by atoms with Crippen LogP contribution in [0.15, 0.2) is 75.9 Å². The second kappa shape index (κ2) is 6.83. The SMILES string of the molecule is O=C1C=C(SCc2ccccc2)SC1=Cc1ccccc1. The number of benzene rings is 2. The first-order chi connectivity index (χ1) is 10.3. The Morgan fingerprint density at radius 1 is 0.952 bits per heavy atom. The monoisotopic (exact) mass is 310 g/mol. The fourth-order valence-corrected chi connectivity index (χ4v) is 4.08. The number of thioether (sulfide) groups is 2. The van der Waals surface area contributed by atoms with Gasteiger partial charge >= 0.3 is 0 Å². The van der Waals surface area contributed by atoms with Crippen molar-refractivity contribution in [2.24, 2.45) is 0 Å². The van der Waals surface area contributed by atoms with Gasteiger partial charge in [0.1, 0.15) is 0 Å². The molecular weight excluding hydrogens is 296 g/mol. The van der Waals surface area contributed by atoms with Gasteiger partial charge < -0.3 is 0 Å². The van der Waals surface area contributed by atoms with E-state index in [1.165, 1.54) is 5.56 Å². The first-order valence-electron chi connectivity index (χ1n) is 6.68. The predicted molar refractivity (Wildman–Crippen MR) is 92.8 cm³/mol. The average molecular weight is 310 g/mol. The van der Waals surface area contributed by atoms with Gasteiger partial charge in [-0.3, -0.25) is 4.79 Å². The maximum atomic E-state index is 12.0. The molecule has 2 aromatic rings. The molecule has 0 bridgehead atoms. The summed E-state index contributed by atoms with van der Waals surface area (Å²) in [5.41, 5.74) is 2.34. The molecule has 1 nitrogen and oxygen atoms in total. The first-order valence-corrected chi connectivity index (χ1v) is 8.49. The summed E-state index contributed by atoms with van der Waals surface area (Å²) in [4.78, 5) is 12.8. The van der Waals surface area contributed by atoms with Gasteiger partial charge in [-0.05, 0) is 17.2 Å². The molecule has 0 saturated heterocycles. The van der Waals surface area contributed by atoms with Crippen molar-refractivity contribution in [2.45, 2.75) is 5.75 Å². The quantitative estimate of drug-likeness (QED) is 0.730. The summed E-state index contributed by atoms with van der Waals surface area (Å²) in [6.07, 6.45) is 3.70. The van der Waals surface area contributed by atoms with Crippen LogP contribution >= 0.6 is 23.5 Å². The van der Waals surface area contributed by atoms with E-state index in [4.69, 9.17) is 0 Å². The zero-order valence-electron chi connectivity index (χ0n) is 11.4. The number of ketones is 1. The molecule has 1 heterocycles. The summed E-state index contributed by atoms with van der Waals surface area (Å²) in [6.45, 7) is 0. The molecule has 104 valence electrons. The highest BCUT2D eigenvalue weighted by Crippen LogP contribution is 2.42. The Labute approximate surface area is 133 Å². The van der Waals surface area contributed by atoms with E-state index in [1.807, 2.05) is 54.6 Å². The molecule has 3 rings (SSSR count). The van der Waals surface area contributed by atoms with Crippen molar-refractivity contribution in [3.05, 3.63) is 87.0 Å². The molecule has 2 aromatic carbocycles. The third kappa shape index (κ3) is 3.90. The van der Waals surface area contributed by atoms with Crippen molar-refractivity contribution >= 4 is 35.4 Å². The standard InChI is InChI=1S/C18H14OS2/c19-16-12-18(20-13-15-9-5-2-6-10-15)21-17(16)11-14-7-3-1-4-8-14/h1-12H,13H2. The summed E-state index contributed by atoms with van der Waals surface area (Å²) in [5, 5.41) is 0. The third-order valence-electron chi connectivity index (χ3n) is 3.02. The van der Waals surface area contributed by atoms with Crippen LogP contribution in [0, 0.1) is 0 Å². The predicted octanol–water partition coefficient (Wildman–Crippen LogP) is 5.12. The van der Waals surface area contributed by atoms with Gasteiger partial charge in [-0.1, -0.05) is 72.4 Å². The Morgan fingerprint density at radius 3 is 2.33 bits per heavy atom. The fraction of sp³-hybridized carbons (Fsp3) is 0.0556. The van der Waals surface area contributed by atoms with Gasteiger partial charge in [0.2, 0.25) is 0 Å². The highest BCUT2D eigenvalue weighted by molar-refractivity contribution is 8.24. The lowest BCUT2D eigenvalue weighted by Gasteiger charge is -2.01. The van der Waals surface area contributed by atoms with E-state index in [0.29, 0.717) is 0 Å². The summed E-state index contributed by atoms with van der Waals surface area (Å²) >= 11 is 3.29. The second-order valence-corrected chi connectivity index (χ2v) is 6.98. The number of rotatable bonds is 4. The van der Waals surface area contributed by atoms with E-state index in [0.717, 1.165) is 20.5 Å². The number of carbonyl (C=O) groups excluding carboxylic acids is 1. The Morgan fingerprint density at radius 2 is 1.62 bits per heavy atom. The van der Waals surface area contributed by atoms with Gasteiger partial charge in [-0.2, -0.15) is 0 Å². The van der Waals surface area contributed by atoms with Gasteiger partial charge in [0.15, 0.2) is 5.78 Å². The van der Waals surface area contributed by atoms with Crippen LogP contribution in [-0.4, -0.2) is 5.78 Å². The van der Waals surface area contributed by atoms with Crippen molar-refractivity contribution < 1.29 is 4.79 Å². The summed E-state index contributed by atoms with van der Waals surface area (Å²) < 4.78 is 1.08. The molecule has 0 radical (unpaired) electrons. The van der Waals surface area contributed by atoms with Crippen molar-refractivity contribution in [1.82, 2.24) is 0 Å². The zero-order chi connectivity index (χ0) is 14.5. The summed E-state index contributed by atoms with van der Waals surface area (Å²) in [7, 11) is 0. The van der Waals surface area contributed by atoms with E-state index in [9.17, 15) is 4.79 Å². The van der Waals surface area contributed by atoms with Gasteiger partial charge in [0.25, 0.3) is 0 Å². The molecule has 0 atom stereocenters. The van der Waals surface area contributed by atoms with Crippen molar-refractivity contribution in [3.8, 4) is 0 Å². The molecule has 3 heteroatoms. The van der Waals surface area contributed by atoms with Gasteiger partial charge in [0, 0.05) is 16.1 Å². The van der Waals surface area contributed by atoms with Crippen LogP contribution in [-0.2, 0) is 10.5 Å². The largest absolute Gasteiger partial charge is 0.289 e.